The second-order valence-corrected chi connectivity index (χ2v) is 5.24. The summed E-state index contributed by atoms with van der Waals surface area (Å²) in [5, 5.41) is 7.47. The van der Waals surface area contributed by atoms with Crippen LogP contribution in [0.5, 0.6) is 0 Å². The summed E-state index contributed by atoms with van der Waals surface area (Å²) in [6.07, 6.45) is 0.653. The molecule has 0 radical (unpaired) electrons. The second kappa shape index (κ2) is 7.65. The summed E-state index contributed by atoms with van der Waals surface area (Å²) >= 11 is 0. The first-order valence-corrected chi connectivity index (χ1v) is 7.12. The number of tetrazole rings is 1. The summed E-state index contributed by atoms with van der Waals surface area (Å²) in [7, 11) is -0.955. The van der Waals surface area contributed by atoms with Gasteiger partial charge in [-0.3, -0.25) is 9.59 Å². The van der Waals surface area contributed by atoms with E-state index in [2.05, 4.69) is 15.2 Å². The first kappa shape index (κ1) is 18.1. The summed E-state index contributed by atoms with van der Waals surface area (Å²) in [5.74, 6) is 0.0985. The first-order chi connectivity index (χ1) is 9.04. The highest BCUT2D eigenvalue weighted by atomic mass is 32.2. The Balaban J connectivity index is 0.000000621. The van der Waals surface area contributed by atoms with E-state index in [9.17, 15) is 9.59 Å². The fourth-order valence-corrected chi connectivity index (χ4v) is 1.12. The van der Waals surface area contributed by atoms with Crippen LogP contribution in [0, 0.1) is 0 Å². The summed E-state index contributed by atoms with van der Waals surface area (Å²) in [6, 6.07) is 0. The summed E-state index contributed by atoms with van der Waals surface area (Å²) in [4.78, 5) is 22.0. The van der Waals surface area contributed by atoms with Crippen molar-refractivity contribution in [1.29, 1.82) is 0 Å². The normalized spacial score (nSPS) is 10.4. The Morgan fingerprint density at radius 3 is 2.35 bits per heavy atom. The van der Waals surface area contributed by atoms with E-state index in [1.165, 1.54) is 23.4 Å². The van der Waals surface area contributed by atoms with Crippen LogP contribution in [0.15, 0.2) is 0 Å². The van der Waals surface area contributed by atoms with Crippen molar-refractivity contribution in [3.8, 4) is 0 Å². The molecule has 0 unspecified atom stereocenters. The Morgan fingerprint density at radius 2 is 1.95 bits per heavy atom. The summed E-state index contributed by atoms with van der Waals surface area (Å²) in [6.45, 7) is 1.56. The van der Waals surface area contributed by atoms with E-state index >= 15 is 0 Å². The lowest BCUT2D eigenvalue weighted by Gasteiger charge is -1.96. The number of aryl methyl sites for hydroxylation is 1. The molecule has 10 nitrogen and oxygen atoms in total. The standard InChI is InChI=1S/C8H13N4O3.CH4O3S/c1-6(13)5-12-7(4-8(14)15-3)11(2)9-10-12;1-5(2,3)4/h4-5H2,1-3H3;1H3,(H,2,3,4)/q+1;/p-1. The van der Waals surface area contributed by atoms with Gasteiger partial charge < -0.3 is 9.29 Å². The van der Waals surface area contributed by atoms with Crippen molar-refractivity contribution in [2.24, 2.45) is 7.05 Å². The minimum absolute atomic E-state index is 0.0489. The third-order valence-electron chi connectivity index (χ3n) is 1.86. The molecule has 0 N–H and O–H groups in total. The van der Waals surface area contributed by atoms with Gasteiger partial charge in [-0.1, -0.05) is 4.68 Å². The molecular formula is C9H16N4O6S. The van der Waals surface area contributed by atoms with Gasteiger partial charge in [-0.25, -0.2) is 8.42 Å². The Labute approximate surface area is 116 Å². The SMILES string of the molecule is COC(=O)Cc1n(CC(C)=O)nn[n+]1C.CS(=O)(=O)[O-]. The quantitative estimate of drug-likeness (QED) is 0.340. The monoisotopic (exact) mass is 308 g/mol. The number of ether oxygens (including phenoxy) is 1. The van der Waals surface area contributed by atoms with Gasteiger partial charge in [-0.05, 0) is 6.92 Å². The van der Waals surface area contributed by atoms with Crippen LogP contribution in [-0.4, -0.2) is 53.2 Å². The lowest BCUT2D eigenvalue weighted by Crippen LogP contribution is -2.37. The van der Waals surface area contributed by atoms with Crippen LogP contribution in [0.2, 0.25) is 0 Å². The van der Waals surface area contributed by atoms with Crippen LogP contribution in [0.1, 0.15) is 12.7 Å². The zero-order chi connectivity index (χ0) is 15.9. The molecule has 1 aromatic heterocycles. The van der Waals surface area contributed by atoms with Crippen molar-refractivity contribution in [2.75, 3.05) is 13.4 Å². The number of rotatable bonds is 4. The number of carbonyl (C=O) groups excluding carboxylic acids is 2. The highest BCUT2D eigenvalue weighted by Crippen LogP contribution is 1.94. The fourth-order valence-electron chi connectivity index (χ4n) is 1.12. The van der Waals surface area contributed by atoms with Gasteiger partial charge in [0.2, 0.25) is 0 Å². The van der Waals surface area contributed by atoms with E-state index in [0.717, 1.165) is 0 Å². The van der Waals surface area contributed by atoms with Crippen molar-refractivity contribution < 1.29 is 32.0 Å². The highest BCUT2D eigenvalue weighted by Gasteiger charge is 2.22. The van der Waals surface area contributed by atoms with E-state index in [-0.39, 0.29) is 18.7 Å². The molecule has 0 aliphatic rings. The van der Waals surface area contributed by atoms with Crippen LogP contribution < -0.4 is 4.68 Å². The predicted octanol–water partition coefficient (Wildman–Crippen LogP) is -2.43. The third-order valence-corrected chi connectivity index (χ3v) is 1.86. The zero-order valence-corrected chi connectivity index (χ0v) is 12.4. The summed E-state index contributed by atoms with van der Waals surface area (Å²) in [5.41, 5.74) is 0. The predicted molar refractivity (Wildman–Crippen MR) is 63.2 cm³/mol. The number of aromatic nitrogens is 4. The number of Topliss-reactive ketones (excluding diaryl/α,β-unsaturated/α-hetero) is 1. The van der Waals surface area contributed by atoms with Crippen LogP contribution >= 0.6 is 0 Å². The van der Waals surface area contributed by atoms with Crippen molar-refractivity contribution in [2.45, 2.75) is 19.9 Å². The van der Waals surface area contributed by atoms with Crippen molar-refractivity contribution >= 4 is 21.9 Å². The van der Waals surface area contributed by atoms with Crippen molar-refractivity contribution in [3.63, 3.8) is 0 Å². The lowest BCUT2D eigenvalue weighted by atomic mass is 10.4. The van der Waals surface area contributed by atoms with E-state index in [1.54, 1.807) is 7.05 Å². The van der Waals surface area contributed by atoms with Crippen LogP contribution in [-0.2, 0) is 44.5 Å². The maximum Gasteiger partial charge on any atom is 0.316 e. The molecule has 114 valence electrons. The molecule has 0 aliphatic carbocycles. The average molecular weight is 308 g/mol. The molecule has 0 spiro atoms. The number of ketones is 1. The maximum absolute atomic E-state index is 11.1. The molecule has 11 heteroatoms. The molecule has 1 rings (SSSR count). The molecule has 1 heterocycles. The topological polar surface area (TPSA) is 135 Å². The van der Waals surface area contributed by atoms with E-state index in [0.29, 0.717) is 12.1 Å². The molecule has 0 fully saturated rings. The van der Waals surface area contributed by atoms with Gasteiger partial charge >= 0.3 is 5.97 Å². The van der Waals surface area contributed by atoms with Crippen LogP contribution in [0.25, 0.3) is 0 Å². The van der Waals surface area contributed by atoms with E-state index in [4.69, 9.17) is 13.0 Å². The molecule has 0 amide bonds. The molecule has 0 atom stereocenters. The molecule has 20 heavy (non-hydrogen) atoms. The minimum Gasteiger partial charge on any atom is -0.748 e. The number of carbonyl (C=O) groups is 2. The second-order valence-electron chi connectivity index (χ2n) is 3.84. The van der Waals surface area contributed by atoms with Gasteiger partial charge in [0.05, 0.1) is 24.3 Å². The molecule has 1 aromatic rings. The average Bonchev–Trinajstić information content (AvgIpc) is 2.58. The van der Waals surface area contributed by atoms with E-state index < -0.39 is 16.1 Å². The molecule has 0 aromatic carbocycles. The first-order valence-electron chi connectivity index (χ1n) is 5.30. The van der Waals surface area contributed by atoms with Gasteiger partial charge in [-0.15, -0.1) is 4.68 Å². The Morgan fingerprint density at radius 1 is 1.45 bits per heavy atom. The van der Waals surface area contributed by atoms with Gasteiger partial charge in [0.1, 0.15) is 11.6 Å². The fraction of sp³-hybridized carbons (Fsp3) is 0.667. The number of methoxy groups -OCH3 is 1. The smallest absolute Gasteiger partial charge is 0.316 e. The number of esters is 1. The lowest BCUT2D eigenvalue weighted by molar-refractivity contribution is -0.738. The number of nitrogens with zero attached hydrogens (tertiary/aromatic N) is 4. The van der Waals surface area contributed by atoms with Crippen LogP contribution in [0.4, 0.5) is 0 Å². The minimum atomic E-state index is -3.92. The van der Waals surface area contributed by atoms with Crippen molar-refractivity contribution in [3.05, 3.63) is 5.82 Å². The number of hydrogen-bond acceptors (Lipinski definition) is 8. The Hall–Kier alpha value is -1.88. The Kier molecular flexibility index (Phi) is 6.93. The van der Waals surface area contributed by atoms with Gasteiger partial charge in [0.25, 0.3) is 5.82 Å². The molecule has 0 bridgehead atoms. The third kappa shape index (κ3) is 8.26. The number of hydrogen-bond donors (Lipinski definition) is 0. The zero-order valence-electron chi connectivity index (χ0n) is 11.6. The van der Waals surface area contributed by atoms with E-state index in [1.807, 2.05) is 0 Å². The maximum atomic E-state index is 11.1. The molecular weight excluding hydrogens is 292 g/mol. The highest BCUT2D eigenvalue weighted by molar-refractivity contribution is 7.84. The van der Waals surface area contributed by atoms with Crippen LogP contribution in [0.3, 0.4) is 0 Å². The largest absolute Gasteiger partial charge is 0.748 e. The summed E-state index contributed by atoms with van der Waals surface area (Å²) < 4.78 is 34.6. The molecule has 0 aliphatic heterocycles. The molecule has 0 saturated carbocycles. The van der Waals surface area contributed by atoms with Gasteiger partial charge in [0.15, 0.2) is 17.5 Å². The molecule has 0 saturated heterocycles. The van der Waals surface area contributed by atoms with Crippen molar-refractivity contribution in [1.82, 2.24) is 15.1 Å². The Bertz CT molecular complexity index is 571. The van der Waals surface area contributed by atoms with Gasteiger partial charge in [-0.2, -0.15) is 0 Å². The van der Waals surface area contributed by atoms with Gasteiger partial charge in [0, 0.05) is 6.26 Å².